The molecule has 0 saturated carbocycles. The number of ether oxygens (including phenoxy) is 1. The number of benzene rings is 2. The summed E-state index contributed by atoms with van der Waals surface area (Å²) in [6.07, 6.45) is 1.86. The number of halogens is 1. The number of anilines is 1. The van der Waals surface area contributed by atoms with Gasteiger partial charge in [-0.25, -0.2) is 0 Å². The summed E-state index contributed by atoms with van der Waals surface area (Å²) in [5.41, 5.74) is 7.40. The number of nitrogens with one attached hydrogen (secondary N) is 2. The number of aliphatic imine (C=N–C) groups is 1. The monoisotopic (exact) mass is 443 g/mol. The SMILES string of the molecule is CCNC(=NCCc1ccc(OCC(N)=O)cc1)NC1CCN(c2cccc(Cl)c2)C1. The van der Waals surface area contributed by atoms with Crippen molar-refractivity contribution in [2.45, 2.75) is 25.8 Å². The zero-order valence-electron chi connectivity index (χ0n) is 17.8. The van der Waals surface area contributed by atoms with Gasteiger partial charge in [-0.15, -0.1) is 0 Å². The van der Waals surface area contributed by atoms with Crippen LogP contribution in [0.1, 0.15) is 18.9 Å². The van der Waals surface area contributed by atoms with E-state index in [0.29, 0.717) is 18.3 Å². The van der Waals surface area contributed by atoms with E-state index in [2.05, 4.69) is 28.5 Å². The van der Waals surface area contributed by atoms with Gasteiger partial charge in [0.05, 0.1) is 0 Å². The molecule has 8 heteroatoms. The molecule has 7 nitrogen and oxygen atoms in total. The highest BCUT2D eigenvalue weighted by molar-refractivity contribution is 6.30. The van der Waals surface area contributed by atoms with Crippen LogP contribution in [0.25, 0.3) is 0 Å². The fraction of sp³-hybridized carbons (Fsp3) is 0.391. The first-order chi connectivity index (χ1) is 15.0. The minimum atomic E-state index is -0.486. The summed E-state index contributed by atoms with van der Waals surface area (Å²) in [5, 5.41) is 7.65. The van der Waals surface area contributed by atoms with Crippen LogP contribution >= 0.6 is 11.6 Å². The first kappa shape index (κ1) is 22.7. The first-order valence-corrected chi connectivity index (χ1v) is 11.0. The number of nitrogens with zero attached hydrogens (tertiary/aromatic N) is 2. The van der Waals surface area contributed by atoms with E-state index in [0.717, 1.165) is 54.7 Å². The fourth-order valence-corrected chi connectivity index (χ4v) is 3.69. The number of nitrogens with two attached hydrogens (primary N) is 1. The van der Waals surface area contributed by atoms with E-state index in [-0.39, 0.29) is 6.61 Å². The lowest BCUT2D eigenvalue weighted by atomic mass is 10.1. The van der Waals surface area contributed by atoms with E-state index in [1.807, 2.05) is 42.5 Å². The summed E-state index contributed by atoms with van der Waals surface area (Å²) in [6, 6.07) is 16.0. The number of primary amides is 1. The highest BCUT2D eigenvalue weighted by atomic mass is 35.5. The summed E-state index contributed by atoms with van der Waals surface area (Å²) in [7, 11) is 0. The molecule has 1 amide bonds. The standard InChI is InChI=1S/C23H30ClN5O2/c1-2-26-23(27-12-10-17-6-8-21(9-7-17)31-16-22(25)30)28-19-11-13-29(15-19)20-5-3-4-18(24)14-20/h3-9,14,19H,2,10-13,15-16H2,1H3,(H2,25,30)(H2,26,27,28). The Morgan fingerprint density at radius 2 is 2.10 bits per heavy atom. The van der Waals surface area contributed by atoms with Crippen molar-refractivity contribution in [3.8, 4) is 5.75 Å². The fourth-order valence-electron chi connectivity index (χ4n) is 3.50. The number of amides is 1. The van der Waals surface area contributed by atoms with Gasteiger partial charge in [-0.2, -0.15) is 0 Å². The van der Waals surface area contributed by atoms with Gasteiger partial charge in [0.1, 0.15) is 5.75 Å². The second-order valence-corrected chi connectivity index (χ2v) is 7.90. The van der Waals surface area contributed by atoms with E-state index in [9.17, 15) is 4.79 Å². The summed E-state index contributed by atoms with van der Waals surface area (Å²) in [5.74, 6) is 0.980. The van der Waals surface area contributed by atoms with Crippen molar-refractivity contribution in [3.05, 3.63) is 59.1 Å². The highest BCUT2D eigenvalue weighted by Gasteiger charge is 2.23. The van der Waals surface area contributed by atoms with E-state index in [1.54, 1.807) is 0 Å². The number of carbonyl (C=O) groups excluding carboxylic acids is 1. The van der Waals surface area contributed by atoms with Crippen LogP contribution in [0.4, 0.5) is 5.69 Å². The smallest absolute Gasteiger partial charge is 0.255 e. The van der Waals surface area contributed by atoms with Crippen molar-refractivity contribution in [2.75, 3.05) is 37.7 Å². The van der Waals surface area contributed by atoms with Gasteiger partial charge in [0.25, 0.3) is 5.91 Å². The molecule has 1 saturated heterocycles. The molecule has 2 aromatic carbocycles. The van der Waals surface area contributed by atoms with Crippen molar-refractivity contribution >= 4 is 29.2 Å². The molecule has 1 atom stereocenters. The summed E-state index contributed by atoms with van der Waals surface area (Å²) in [6.45, 7) is 5.33. The van der Waals surface area contributed by atoms with Gasteiger partial charge in [-0.3, -0.25) is 9.79 Å². The third-order valence-electron chi connectivity index (χ3n) is 5.02. The minimum Gasteiger partial charge on any atom is -0.484 e. The molecular weight excluding hydrogens is 414 g/mol. The van der Waals surface area contributed by atoms with Gasteiger partial charge in [0.15, 0.2) is 12.6 Å². The summed E-state index contributed by atoms with van der Waals surface area (Å²) < 4.78 is 5.29. The number of hydrogen-bond acceptors (Lipinski definition) is 4. The first-order valence-electron chi connectivity index (χ1n) is 10.6. The van der Waals surface area contributed by atoms with Gasteiger partial charge in [0, 0.05) is 42.9 Å². The molecule has 0 aromatic heterocycles. The van der Waals surface area contributed by atoms with Gasteiger partial charge in [-0.1, -0.05) is 29.8 Å². The van der Waals surface area contributed by atoms with E-state index >= 15 is 0 Å². The molecule has 1 heterocycles. The predicted molar refractivity (Wildman–Crippen MR) is 126 cm³/mol. The van der Waals surface area contributed by atoms with E-state index < -0.39 is 5.91 Å². The third kappa shape index (κ3) is 7.36. The van der Waals surface area contributed by atoms with Gasteiger partial charge in [-0.05, 0) is 55.7 Å². The zero-order chi connectivity index (χ0) is 22.1. The normalized spacial score (nSPS) is 16.3. The maximum absolute atomic E-state index is 10.8. The topological polar surface area (TPSA) is 92.0 Å². The van der Waals surface area contributed by atoms with Gasteiger partial charge < -0.3 is 26.0 Å². The number of hydrogen-bond donors (Lipinski definition) is 3. The van der Waals surface area contributed by atoms with Crippen molar-refractivity contribution < 1.29 is 9.53 Å². The van der Waals surface area contributed by atoms with Crippen LogP contribution in [0.5, 0.6) is 5.75 Å². The van der Waals surface area contributed by atoms with E-state index in [4.69, 9.17) is 27.1 Å². The van der Waals surface area contributed by atoms with Crippen LogP contribution < -0.4 is 26.0 Å². The van der Waals surface area contributed by atoms with Gasteiger partial charge >= 0.3 is 0 Å². The Labute approximate surface area is 188 Å². The molecule has 0 radical (unpaired) electrons. The molecule has 2 aromatic rings. The quantitative estimate of drug-likeness (QED) is 0.409. The average molecular weight is 444 g/mol. The Hall–Kier alpha value is -2.93. The third-order valence-corrected chi connectivity index (χ3v) is 5.26. The zero-order valence-corrected chi connectivity index (χ0v) is 18.6. The van der Waals surface area contributed by atoms with Crippen LogP contribution in [-0.2, 0) is 11.2 Å². The lowest BCUT2D eigenvalue weighted by Crippen LogP contribution is -2.44. The molecule has 1 unspecified atom stereocenters. The summed E-state index contributed by atoms with van der Waals surface area (Å²) >= 11 is 6.13. The predicted octanol–water partition coefficient (Wildman–Crippen LogP) is 2.58. The summed E-state index contributed by atoms with van der Waals surface area (Å²) in [4.78, 5) is 17.9. The molecule has 0 aliphatic carbocycles. The van der Waals surface area contributed by atoms with Crippen molar-refractivity contribution in [3.63, 3.8) is 0 Å². The highest BCUT2D eigenvalue weighted by Crippen LogP contribution is 2.23. The molecule has 4 N–H and O–H groups in total. The Balaban J connectivity index is 1.49. The second kappa shape index (κ2) is 11.5. The second-order valence-electron chi connectivity index (χ2n) is 7.47. The van der Waals surface area contributed by atoms with Crippen LogP contribution in [0.15, 0.2) is 53.5 Å². The molecule has 1 aliphatic rings. The van der Waals surface area contributed by atoms with Crippen molar-refractivity contribution in [1.82, 2.24) is 10.6 Å². The van der Waals surface area contributed by atoms with Crippen molar-refractivity contribution in [1.29, 1.82) is 0 Å². The Morgan fingerprint density at radius 3 is 2.81 bits per heavy atom. The number of carbonyl (C=O) groups is 1. The Bertz CT molecular complexity index is 888. The molecule has 1 fully saturated rings. The lowest BCUT2D eigenvalue weighted by Gasteiger charge is -2.20. The van der Waals surface area contributed by atoms with Crippen LogP contribution in [-0.4, -0.2) is 50.7 Å². The average Bonchev–Trinajstić information content (AvgIpc) is 3.22. The maximum atomic E-state index is 10.8. The number of guanidine groups is 1. The number of rotatable bonds is 9. The minimum absolute atomic E-state index is 0.114. The van der Waals surface area contributed by atoms with Crippen molar-refractivity contribution in [2.24, 2.45) is 10.7 Å². The molecule has 3 rings (SSSR count). The maximum Gasteiger partial charge on any atom is 0.255 e. The molecular formula is C23H30ClN5O2. The molecule has 0 bridgehead atoms. The van der Waals surface area contributed by atoms with Gasteiger partial charge in [0.2, 0.25) is 0 Å². The van der Waals surface area contributed by atoms with Crippen LogP contribution in [0, 0.1) is 0 Å². The van der Waals surface area contributed by atoms with E-state index in [1.165, 1.54) is 0 Å². The Kier molecular flexibility index (Phi) is 8.41. The van der Waals surface area contributed by atoms with Crippen LogP contribution in [0.2, 0.25) is 5.02 Å². The lowest BCUT2D eigenvalue weighted by molar-refractivity contribution is -0.119. The molecule has 1 aliphatic heterocycles. The molecule has 0 spiro atoms. The Morgan fingerprint density at radius 1 is 1.29 bits per heavy atom. The van der Waals surface area contributed by atoms with Crippen LogP contribution in [0.3, 0.4) is 0 Å². The molecule has 31 heavy (non-hydrogen) atoms. The molecule has 166 valence electrons. The largest absolute Gasteiger partial charge is 0.484 e.